The number of carbonyl (C=O) groups is 1. The second kappa shape index (κ2) is 6.09. The molecule has 2 heterocycles. The van der Waals surface area contributed by atoms with E-state index in [4.69, 9.17) is 0 Å². The Bertz CT molecular complexity index is 1060. The topological polar surface area (TPSA) is 53.9 Å². The molecule has 0 unspecified atom stereocenters. The van der Waals surface area contributed by atoms with Crippen LogP contribution in [0.5, 0.6) is 0 Å². The number of nitrogens with zero attached hydrogens (tertiary/aromatic N) is 3. The molecule has 0 atom stereocenters. The van der Waals surface area contributed by atoms with E-state index in [9.17, 15) is 4.79 Å². The third kappa shape index (κ3) is 2.78. The lowest BCUT2D eigenvalue weighted by Gasteiger charge is -2.18. The summed E-state index contributed by atoms with van der Waals surface area (Å²) in [6.07, 6.45) is 2.34. The van der Waals surface area contributed by atoms with Crippen LogP contribution in [0.4, 0.5) is 5.69 Å². The van der Waals surface area contributed by atoms with E-state index >= 15 is 0 Å². The van der Waals surface area contributed by atoms with Crippen LogP contribution in [-0.4, -0.2) is 27.5 Å². The first kappa shape index (κ1) is 15.4. The van der Waals surface area contributed by atoms with Crippen molar-refractivity contribution in [2.24, 2.45) is 0 Å². The van der Waals surface area contributed by atoms with Gasteiger partial charge in [-0.05, 0) is 43.3 Å². The molecule has 0 aliphatic heterocycles. The van der Waals surface area contributed by atoms with Gasteiger partial charge < -0.3 is 14.5 Å². The number of anilines is 1. The number of rotatable bonds is 4. The van der Waals surface area contributed by atoms with Crippen LogP contribution in [0.1, 0.15) is 12.2 Å². The van der Waals surface area contributed by atoms with Gasteiger partial charge in [0.15, 0.2) is 0 Å². The average Bonchev–Trinajstić information content (AvgIpc) is 3.21. The van der Waals surface area contributed by atoms with Crippen molar-refractivity contribution in [3.8, 4) is 0 Å². The van der Waals surface area contributed by atoms with Gasteiger partial charge in [-0.15, -0.1) is 0 Å². The van der Waals surface area contributed by atoms with Crippen LogP contribution in [0, 0.1) is 6.92 Å². The number of aromatic nitrogens is 3. The molecule has 1 N–H and O–H groups in total. The zero-order chi connectivity index (χ0) is 17.4. The van der Waals surface area contributed by atoms with E-state index < -0.39 is 0 Å². The third-order valence-corrected chi connectivity index (χ3v) is 4.69. The molecule has 5 heteroatoms. The van der Waals surface area contributed by atoms with E-state index in [0.29, 0.717) is 13.0 Å². The van der Waals surface area contributed by atoms with Crippen LogP contribution in [0.3, 0.4) is 0 Å². The highest BCUT2D eigenvalue weighted by Gasteiger charge is 2.14. The lowest BCUT2D eigenvalue weighted by molar-refractivity contribution is -0.118. The fourth-order valence-corrected chi connectivity index (χ4v) is 3.25. The minimum Gasteiger partial charge on any atom is -0.361 e. The molecule has 5 nitrogen and oxygen atoms in total. The highest BCUT2D eigenvalue weighted by atomic mass is 16.2. The molecule has 0 fully saturated rings. The Morgan fingerprint density at radius 2 is 2.04 bits per heavy atom. The molecule has 0 aliphatic carbocycles. The Kier molecular flexibility index (Phi) is 3.76. The summed E-state index contributed by atoms with van der Waals surface area (Å²) < 4.78 is 2.11. The van der Waals surface area contributed by atoms with Crippen molar-refractivity contribution in [2.45, 2.75) is 19.9 Å². The van der Waals surface area contributed by atoms with Crippen molar-refractivity contribution < 1.29 is 4.79 Å². The number of H-pyrrole nitrogens is 1. The largest absolute Gasteiger partial charge is 0.361 e. The molecule has 0 saturated carbocycles. The number of aryl methyl sites for hydroxylation is 2. The normalized spacial score (nSPS) is 11.3. The van der Waals surface area contributed by atoms with E-state index in [1.165, 1.54) is 0 Å². The van der Waals surface area contributed by atoms with Crippen LogP contribution < -0.4 is 4.90 Å². The van der Waals surface area contributed by atoms with Gasteiger partial charge in [0.05, 0.1) is 11.0 Å². The Balaban J connectivity index is 1.52. The minimum absolute atomic E-state index is 0.0899. The van der Waals surface area contributed by atoms with Gasteiger partial charge in [-0.1, -0.05) is 12.1 Å². The molecule has 1 amide bonds. The van der Waals surface area contributed by atoms with Gasteiger partial charge in [0.1, 0.15) is 5.82 Å². The van der Waals surface area contributed by atoms with E-state index in [1.54, 1.807) is 4.90 Å². The Labute approximate surface area is 145 Å². The third-order valence-electron chi connectivity index (χ3n) is 4.69. The van der Waals surface area contributed by atoms with Gasteiger partial charge in [-0.25, -0.2) is 4.98 Å². The van der Waals surface area contributed by atoms with E-state index in [0.717, 1.165) is 33.4 Å². The van der Waals surface area contributed by atoms with E-state index in [1.807, 2.05) is 68.7 Å². The SMILES string of the molecule is Cc1nc2ccccc2n1CCC(=O)N(C)c1ccc2[nH]ccc2c1. The second-order valence-corrected chi connectivity index (χ2v) is 6.25. The van der Waals surface area contributed by atoms with Gasteiger partial charge in [0.2, 0.25) is 5.91 Å². The summed E-state index contributed by atoms with van der Waals surface area (Å²) in [4.78, 5) is 22.1. The number of nitrogens with one attached hydrogen (secondary N) is 1. The van der Waals surface area contributed by atoms with Gasteiger partial charge in [-0.3, -0.25) is 4.79 Å². The summed E-state index contributed by atoms with van der Waals surface area (Å²) >= 11 is 0. The summed E-state index contributed by atoms with van der Waals surface area (Å²) in [5, 5.41) is 1.11. The van der Waals surface area contributed by atoms with Crippen LogP contribution in [-0.2, 0) is 11.3 Å². The summed E-state index contributed by atoms with van der Waals surface area (Å²) in [5.41, 5.74) is 4.03. The quantitative estimate of drug-likeness (QED) is 0.616. The van der Waals surface area contributed by atoms with Gasteiger partial charge in [-0.2, -0.15) is 0 Å². The van der Waals surface area contributed by atoms with Crippen LogP contribution in [0.15, 0.2) is 54.7 Å². The van der Waals surface area contributed by atoms with E-state index in [2.05, 4.69) is 14.5 Å². The maximum atomic E-state index is 12.6. The fraction of sp³-hybridized carbons (Fsp3) is 0.200. The second-order valence-electron chi connectivity index (χ2n) is 6.25. The smallest absolute Gasteiger partial charge is 0.228 e. The highest BCUT2D eigenvalue weighted by molar-refractivity contribution is 5.95. The molecule has 25 heavy (non-hydrogen) atoms. The first-order chi connectivity index (χ1) is 12.1. The molecule has 126 valence electrons. The molecule has 0 spiro atoms. The maximum absolute atomic E-state index is 12.6. The number of para-hydroxylation sites is 2. The Morgan fingerprint density at radius 3 is 2.92 bits per heavy atom. The predicted octanol–water partition coefficient (Wildman–Crippen LogP) is 3.88. The van der Waals surface area contributed by atoms with Gasteiger partial charge in [0, 0.05) is 42.8 Å². The number of benzene rings is 2. The van der Waals surface area contributed by atoms with Crippen molar-refractivity contribution in [1.82, 2.24) is 14.5 Å². The zero-order valence-electron chi connectivity index (χ0n) is 14.4. The number of imidazole rings is 1. The van der Waals surface area contributed by atoms with Crippen LogP contribution >= 0.6 is 0 Å². The molecule has 0 saturated heterocycles. The van der Waals surface area contributed by atoms with Crippen LogP contribution in [0.25, 0.3) is 21.9 Å². The van der Waals surface area contributed by atoms with Crippen molar-refractivity contribution in [3.63, 3.8) is 0 Å². The zero-order valence-corrected chi connectivity index (χ0v) is 14.4. The molecular weight excluding hydrogens is 312 g/mol. The van der Waals surface area contributed by atoms with Crippen molar-refractivity contribution in [1.29, 1.82) is 0 Å². The lowest BCUT2D eigenvalue weighted by atomic mass is 10.2. The standard InChI is InChI=1S/C20H20N4O/c1-14-22-18-5-3-4-6-19(18)24(14)12-10-20(25)23(2)16-7-8-17-15(13-16)9-11-21-17/h3-9,11,13,21H,10,12H2,1-2H3. The van der Waals surface area contributed by atoms with Crippen molar-refractivity contribution >= 4 is 33.5 Å². The van der Waals surface area contributed by atoms with Crippen molar-refractivity contribution in [2.75, 3.05) is 11.9 Å². The molecule has 0 aliphatic rings. The Morgan fingerprint density at radius 1 is 1.20 bits per heavy atom. The molecular formula is C20H20N4O. The molecule has 2 aromatic heterocycles. The number of carbonyl (C=O) groups excluding carboxylic acids is 1. The predicted molar refractivity (Wildman–Crippen MR) is 101 cm³/mol. The fourth-order valence-electron chi connectivity index (χ4n) is 3.25. The summed E-state index contributed by atoms with van der Waals surface area (Å²) in [6.45, 7) is 2.61. The van der Waals surface area contributed by atoms with Crippen LogP contribution in [0.2, 0.25) is 0 Å². The minimum atomic E-state index is 0.0899. The van der Waals surface area contributed by atoms with E-state index in [-0.39, 0.29) is 5.91 Å². The summed E-state index contributed by atoms with van der Waals surface area (Å²) in [7, 11) is 1.83. The lowest BCUT2D eigenvalue weighted by Crippen LogP contribution is -2.27. The number of aromatic amines is 1. The van der Waals surface area contributed by atoms with Gasteiger partial charge >= 0.3 is 0 Å². The summed E-state index contributed by atoms with van der Waals surface area (Å²) in [5.74, 6) is 1.03. The molecule has 4 rings (SSSR count). The number of hydrogen-bond donors (Lipinski definition) is 1. The molecule has 0 bridgehead atoms. The summed E-state index contributed by atoms with van der Waals surface area (Å²) in [6, 6.07) is 16.0. The van der Waals surface area contributed by atoms with Crippen molar-refractivity contribution in [3.05, 3.63) is 60.6 Å². The Hall–Kier alpha value is -3.08. The first-order valence-corrected chi connectivity index (χ1v) is 8.39. The molecule has 4 aromatic rings. The molecule has 2 aromatic carbocycles. The van der Waals surface area contributed by atoms with Gasteiger partial charge in [0.25, 0.3) is 0 Å². The molecule has 0 radical (unpaired) electrons. The maximum Gasteiger partial charge on any atom is 0.228 e. The number of amides is 1. The monoisotopic (exact) mass is 332 g/mol. The first-order valence-electron chi connectivity index (χ1n) is 8.39. The average molecular weight is 332 g/mol. The highest BCUT2D eigenvalue weighted by Crippen LogP contribution is 2.22. The number of fused-ring (bicyclic) bond motifs is 2. The number of hydrogen-bond acceptors (Lipinski definition) is 2.